The van der Waals surface area contributed by atoms with Crippen molar-refractivity contribution >= 4 is 21.7 Å². The fourth-order valence-corrected chi connectivity index (χ4v) is 3.59. The van der Waals surface area contributed by atoms with Crippen molar-refractivity contribution in [1.29, 1.82) is 0 Å². The quantitative estimate of drug-likeness (QED) is 0.713. The first-order valence-corrected chi connectivity index (χ1v) is 11.0. The van der Waals surface area contributed by atoms with Crippen LogP contribution in [0.15, 0.2) is 48.5 Å². The van der Waals surface area contributed by atoms with E-state index in [-0.39, 0.29) is 17.6 Å². The molecule has 0 saturated heterocycles. The minimum atomic E-state index is -3.11. The summed E-state index contributed by atoms with van der Waals surface area (Å²) < 4.78 is 22.8. The summed E-state index contributed by atoms with van der Waals surface area (Å²) in [6, 6.07) is 13.9. The van der Waals surface area contributed by atoms with Crippen LogP contribution in [0.4, 0.5) is 0 Å². The summed E-state index contributed by atoms with van der Waals surface area (Å²) in [5, 5.41) is 0. The molecule has 0 fully saturated rings. The Morgan fingerprint density at radius 3 is 1.71 bits per heavy atom. The van der Waals surface area contributed by atoms with Crippen LogP contribution in [0.25, 0.3) is 0 Å². The minimum absolute atomic E-state index is 0.0447. The monoisotopic (exact) mass is 402 g/mol. The van der Waals surface area contributed by atoms with Gasteiger partial charge in [0.05, 0.1) is 5.75 Å². The fraction of sp³-hybridized carbons (Fsp3) is 0.333. The number of hydrogen-bond acceptors (Lipinski definition) is 4. The summed E-state index contributed by atoms with van der Waals surface area (Å²) >= 11 is 0. The van der Waals surface area contributed by atoms with Crippen molar-refractivity contribution in [3.8, 4) is 0 Å². The average molecular weight is 403 g/mol. The van der Waals surface area contributed by atoms with Crippen LogP contribution in [0.5, 0.6) is 0 Å². The van der Waals surface area contributed by atoms with Crippen LogP contribution in [-0.4, -0.2) is 56.9 Å². The third-order valence-corrected chi connectivity index (χ3v) is 5.14. The Kier molecular flexibility index (Phi) is 6.96. The molecule has 2 aromatic rings. The van der Waals surface area contributed by atoms with Gasteiger partial charge >= 0.3 is 0 Å². The Bertz CT molecular complexity index is 933. The molecule has 28 heavy (non-hydrogen) atoms. The molecule has 0 aliphatic carbocycles. The fourth-order valence-electron chi connectivity index (χ4n) is 2.79. The van der Waals surface area contributed by atoms with Crippen molar-refractivity contribution < 1.29 is 18.0 Å². The molecule has 2 rings (SSSR count). The maximum absolute atomic E-state index is 12.8. The molecular weight excluding hydrogens is 376 g/mol. The lowest BCUT2D eigenvalue weighted by molar-refractivity contribution is 0.0751. The van der Waals surface area contributed by atoms with Crippen molar-refractivity contribution in [3.63, 3.8) is 0 Å². The van der Waals surface area contributed by atoms with Crippen LogP contribution in [0.1, 0.15) is 38.8 Å². The number of sulfone groups is 1. The number of rotatable bonds is 7. The van der Waals surface area contributed by atoms with E-state index in [1.54, 1.807) is 55.4 Å². The van der Waals surface area contributed by atoms with Crippen LogP contribution in [0.3, 0.4) is 0 Å². The molecule has 7 heteroatoms. The first-order chi connectivity index (χ1) is 13.1. The van der Waals surface area contributed by atoms with Gasteiger partial charge in [0.15, 0.2) is 9.84 Å². The van der Waals surface area contributed by atoms with Gasteiger partial charge in [0.1, 0.15) is 0 Å². The first kappa shape index (κ1) is 21.6. The number of carbonyl (C=O) groups is 2. The highest BCUT2D eigenvalue weighted by Crippen LogP contribution is 2.14. The van der Waals surface area contributed by atoms with Crippen LogP contribution < -0.4 is 0 Å². The third kappa shape index (κ3) is 5.92. The summed E-state index contributed by atoms with van der Waals surface area (Å²) in [5.41, 5.74) is 2.70. The van der Waals surface area contributed by atoms with Crippen LogP contribution >= 0.6 is 0 Å². The van der Waals surface area contributed by atoms with Gasteiger partial charge in [-0.15, -0.1) is 0 Å². The number of nitrogens with zero attached hydrogens (tertiary/aromatic N) is 2. The predicted octanol–water partition coefficient (Wildman–Crippen LogP) is 2.60. The number of carbonyl (C=O) groups excluding carboxylic acids is 2. The summed E-state index contributed by atoms with van der Waals surface area (Å²) in [4.78, 5) is 28.0. The smallest absolute Gasteiger partial charge is 0.254 e. The largest absolute Gasteiger partial charge is 0.345 e. The first-order valence-electron chi connectivity index (χ1n) is 8.97. The molecule has 150 valence electrons. The predicted molar refractivity (Wildman–Crippen MR) is 110 cm³/mol. The zero-order valence-electron chi connectivity index (χ0n) is 16.7. The van der Waals surface area contributed by atoms with Crippen molar-refractivity contribution in [1.82, 2.24) is 9.80 Å². The maximum atomic E-state index is 12.8. The molecule has 2 aromatic carbocycles. The van der Waals surface area contributed by atoms with E-state index in [9.17, 15) is 18.0 Å². The van der Waals surface area contributed by atoms with Crippen molar-refractivity contribution in [3.05, 3.63) is 70.8 Å². The molecule has 0 saturated carbocycles. The standard InChI is InChI=1S/C21H26N2O4S/c1-5-23(14-16-6-10-18(11-7-16)20(24)22(2)3)21(25)19-12-8-17(9-13-19)15-28(4,26)27/h6-13H,5,14-15H2,1-4H3. The second-order valence-electron chi connectivity index (χ2n) is 6.98. The van der Waals surface area contributed by atoms with Gasteiger partial charge < -0.3 is 9.80 Å². The molecule has 0 N–H and O–H groups in total. The van der Waals surface area contributed by atoms with E-state index in [0.29, 0.717) is 29.8 Å². The molecule has 0 atom stereocenters. The van der Waals surface area contributed by atoms with Gasteiger partial charge in [-0.3, -0.25) is 9.59 Å². The topological polar surface area (TPSA) is 74.8 Å². The molecule has 0 aromatic heterocycles. The van der Waals surface area contributed by atoms with E-state index in [2.05, 4.69) is 0 Å². The summed E-state index contributed by atoms with van der Waals surface area (Å²) in [5.74, 6) is -0.234. The van der Waals surface area contributed by atoms with E-state index in [1.165, 1.54) is 11.2 Å². The number of amides is 2. The second kappa shape index (κ2) is 9.01. The van der Waals surface area contributed by atoms with E-state index in [1.807, 2.05) is 19.1 Å². The Morgan fingerprint density at radius 2 is 1.29 bits per heavy atom. The van der Waals surface area contributed by atoms with Gasteiger partial charge in [0, 0.05) is 44.6 Å². The van der Waals surface area contributed by atoms with E-state index < -0.39 is 9.84 Å². The molecule has 0 aliphatic heterocycles. The average Bonchev–Trinajstić information content (AvgIpc) is 2.64. The normalized spacial score (nSPS) is 11.1. The molecule has 6 nitrogen and oxygen atoms in total. The SMILES string of the molecule is CCN(Cc1ccc(C(=O)N(C)C)cc1)C(=O)c1ccc(CS(C)(=O)=O)cc1. The van der Waals surface area contributed by atoms with Gasteiger partial charge in [-0.2, -0.15) is 0 Å². The van der Waals surface area contributed by atoms with Crippen LogP contribution in [0.2, 0.25) is 0 Å². The van der Waals surface area contributed by atoms with Gasteiger partial charge in [0.2, 0.25) is 0 Å². The van der Waals surface area contributed by atoms with E-state index in [0.717, 1.165) is 5.56 Å². The Morgan fingerprint density at radius 1 is 0.821 bits per heavy atom. The Hall–Kier alpha value is -2.67. The Balaban J connectivity index is 2.10. The molecule has 2 amide bonds. The van der Waals surface area contributed by atoms with Crippen LogP contribution in [0, 0.1) is 0 Å². The van der Waals surface area contributed by atoms with Gasteiger partial charge in [-0.1, -0.05) is 24.3 Å². The second-order valence-corrected chi connectivity index (χ2v) is 9.12. The molecule has 0 spiro atoms. The zero-order valence-corrected chi connectivity index (χ0v) is 17.5. The van der Waals surface area contributed by atoms with Gasteiger partial charge in [0.25, 0.3) is 11.8 Å². The highest BCUT2D eigenvalue weighted by molar-refractivity contribution is 7.89. The molecule has 0 unspecified atom stereocenters. The van der Waals surface area contributed by atoms with Crippen molar-refractivity contribution in [2.75, 3.05) is 26.9 Å². The van der Waals surface area contributed by atoms with E-state index in [4.69, 9.17) is 0 Å². The van der Waals surface area contributed by atoms with Gasteiger partial charge in [-0.25, -0.2) is 8.42 Å². The zero-order chi connectivity index (χ0) is 20.9. The molecule has 0 aliphatic rings. The Labute approximate surface area is 166 Å². The minimum Gasteiger partial charge on any atom is -0.345 e. The summed E-state index contributed by atoms with van der Waals surface area (Å²) in [6.45, 7) is 2.86. The van der Waals surface area contributed by atoms with E-state index >= 15 is 0 Å². The maximum Gasteiger partial charge on any atom is 0.254 e. The molecule has 0 bridgehead atoms. The molecule has 0 radical (unpaired) electrons. The lowest BCUT2D eigenvalue weighted by atomic mass is 10.1. The van der Waals surface area contributed by atoms with Gasteiger partial charge in [-0.05, 0) is 42.3 Å². The number of hydrogen-bond donors (Lipinski definition) is 0. The summed E-state index contributed by atoms with van der Waals surface area (Å²) in [7, 11) is 0.297. The number of benzene rings is 2. The lowest BCUT2D eigenvalue weighted by Crippen LogP contribution is -2.30. The third-order valence-electron chi connectivity index (χ3n) is 4.28. The highest BCUT2D eigenvalue weighted by atomic mass is 32.2. The summed E-state index contributed by atoms with van der Waals surface area (Å²) in [6.07, 6.45) is 1.18. The van der Waals surface area contributed by atoms with Crippen molar-refractivity contribution in [2.45, 2.75) is 19.2 Å². The van der Waals surface area contributed by atoms with Crippen LogP contribution in [-0.2, 0) is 22.1 Å². The lowest BCUT2D eigenvalue weighted by Gasteiger charge is -2.21. The molecular formula is C21H26N2O4S. The highest BCUT2D eigenvalue weighted by Gasteiger charge is 2.16. The molecule has 0 heterocycles. The van der Waals surface area contributed by atoms with Crippen molar-refractivity contribution in [2.24, 2.45) is 0 Å².